The Morgan fingerprint density at radius 2 is 0.500 bits per heavy atom. The van der Waals surface area contributed by atoms with Gasteiger partial charge in [0.15, 0.2) is 34.7 Å². The molecule has 6 aromatic carbocycles. The number of hydrogen-bond acceptors (Lipinski definition) is 6. The summed E-state index contributed by atoms with van der Waals surface area (Å²) in [5.74, 6) is -6.15. The highest BCUT2D eigenvalue weighted by molar-refractivity contribution is 6.37. The van der Waals surface area contributed by atoms with E-state index in [1.54, 1.807) is 48.5 Å². The Bertz CT molecular complexity index is 2000. The van der Waals surface area contributed by atoms with Crippen LogP contribution >= 0.6 is 0 Å². The number of carbonyl (C=O) groups excluding carboxylic acids is 6. The van der Waals surface area contributed by atoms with Crippen molar-refractivity contribution in [2.45, 2.75) is 11.8 Å². The number of ketones is 6. The molecule has 0 aliphatic heterocycles. The lowest BCUT2D eigenvalue weighted by molar-refractivity contribution is -0.121. The third kappa shape index (κ3) is 6.27. The molecule has 2 aliphatic rings. The molecule has 0 saturated heterocycles. The zero-order valence-electron chi connectivity index (χ0n) is 27.9. The Morgan fingerprint density at radius 3 is 0.712 bits per heavy atom. The van der Waals surface area contributed by atoms with Gasteiger partial charge in [-0.2, -0.15) is 0 Å². The van der Waals surface area contributed by atoms with Crippen molar-refractivity contribution in [2.75, 3.05) is 0 Å². The van der Waals surface area contributed by atoms with E-state index in [1.807, 2.05) is 121 Å². The van der Waals surface area contributed by atoms with Crippen LogP contribution in [0.2, 0.25) is 0 Å². The highest BCUT2D eigenvalue weighted by atomic mass is 16.2. The predicted molar refractivity (Wildman–Crippen MR) is 197 cm³/mol. The molecule has 0 N–H and O–H groups in total. The Hall–Kier alpha value is -6.66. The second-order valence-corrected chi connectivity index (χ2v) is 12.7. The molecule has 252 valence electrons. The number of hydrogen-bond donors (Lipinski definition) is 0. The lowest BCUT2D eigenvalue weighted by atomic mass is 9.80. The number of benzene rings is 6. The van der Waals surface area contributed by atoms with Gasteiger partial charge in [-0.3, -0.25) is 28.8 Å². The van der Waals surface area contributed by atoms with Crippen LogP contribution < -0.4 is 0 Å². The van der Waals surface area contributed by atoms with Gasteiger partial charge in [0.25, 0.3) is 0 Å². The largest absolute Gasteiger partial charge is 0.297 e. The topological polar surface area (TPSA) is 102 Å². The highest BCUT2D eigenvalue weighted by Crippen LogP contribution is 2.36. The molecule has 0 heterocycles. The fourth-order valence-electron chi connectivity index (χ4n) is 7.16. The maximum Gasteiger partial charge on any atom is 0.181 e. The van der Waals surface area contributed by atoms with Crippen molar-refractivity contribution in [3.63, 3.8) is 0 Å². The molecule has 6 heteroatoms. The summed E-state index contributed by atoms with van der Waals surface area (Å²) in [5.41, 5.74) is 4.49. The molecule has 0 saturated carbocycles. The SMILES string of the molecule is O=C1c2ccccc2C(=O)C1C(=O)C(c1ccccc1)c1ccccc1.O=C1c2ccccc2C(=O)C1C(=O)C(c1ccccc1)c1ccccc1. The van der Waals surface area contributed by atoms with Gasteiger partial charge < -0.3 is 0 Å². The third-order valence-electron chi connectivity index (χ3n) is 9.63. The third-order valence-corrected chi connectivity index (χ3v) is 9.63. The molecule has 52 heavy (non-hydrogen) atoms. The summed E-state index contributed by atoms with van der Waals surface area (Å²) in [5, 5.41) is 0. The van der Waals surface area contributed by atoms with Gasteiger partial charge in [-0.25, -0.2) is 0 Å². The molecule has 0 radical (unpaired) electrons. The quantitative estimate of drug-likeness (QED) is 0.150. The summed E-state index contributed by atoms with van der Waals surface area (Å²) in [6.07, 6.45) is 0. The maximum atomic E-state index is 13.4. The van der Waals surface area contributed by atoms with Crippen LogP contribution in [-0.4, -0.2) is 34.7 Å². The minimum absolute atomic E-state index is 0.343. The maximum absolute atomic E-state index is 13.4. The van der Waals surface area contributed by atoms with E-state index in [1.165, 1.54) is 0 Å². The predicted octanol–water partition coefficient (Wildman–Crippen LogP) is 8.17. The van der Waals surface area contributed by atoms with Crippen LogP contribution in [0.15, 0.2) is 170 Å². The van der Waals surface area contributed by atoms with Crippen molar-refractivity contribution >= 4 is 34.7 Å². The van der Waals surface area contributed by atoms with Crippen LogP contribution in [0.4, 0.5) is 0 Å². The van der Waals surface area contributed by atoms with Crippen LogP contribution in [0.25, 0.3) is 0 Å². The van der Waals surface area contributed by atoms with E-state index >= 15 is 0 Å². The van der Waals surface area contributed by atoms with E-state index in [9.17, 15) is 28.8 Å². The fraction of sp³-hybridized carbons (Fsp3) is 0.0870. The molecule has 6 aromatic rings. The van der Waals surface area contributed by atoms with Gasteiger partial charge in [0.1, 0.15) is 11.8 Å². The smallest absolute Gasteiger partial charge is 0.181 e. The lowest BCUT2D eigenvalue weighted by Crippen LogP contribution is -2.31. The molecule has 8 rings (SSSR count). The zero-order chi connectivity index (χ0) is 36.2. The first kappa shape index (κ1) is 33.8. The fourth-order valence-corrected chi connectivity index (χ4v) is 7.16. The normalized spacial score (nSPS) is 13.9. The summed E-state index contributed by atoms with van der Waals surface area (Å²) in [7, 11) is 0. The van der Waals surface area contributed by atoms with Crippen LogP contribution in [0.1, 0.15) is 75.5 Å². The number of fused-ring (bicyclic) bond motifs is 2. The van der Waals surface area contributed by atoms with Gasteiger partial charge in [-0.1, -0.05) is 170 Å². The Labute approximate surface area is 300 Å². The summed E-state index contributed by atoms with van der Waals surface area (Å²) >= 11 is 0. The molecule has 0 unspecified atom stereocenters. The van der Waals surface area contributed by atoms with Gasteiger partial charge in [0.05, 0.1) is 11.8 Å². The second-order valence-electron chi connectivity index (χ2n) is 12.7. The molecule has 0 aromatic heterocycles. The molecule has 0 amide bonds. The van der Waals surface area contributed by atoms with E-state index in [0.717, 1.165) is 22.3 Å². The minimum atomic E-state index is -1.27. The summed E-state index contributed by atoms with van der Waals surface area (Å²) in [4.78, 5) is 77.9. The molecular weight excluding hydrogens is 648 g/mol. The first-order valence-corrected chi connectivity index (χ1v) is 17.0. The van der Waals surface area contributed by atoms with Gasteiger partial charge in [0, 0.05) is 22.3 Å². The van der Waals surface area contributed by atoms with Crippen molar-refractivity contribution in [1.29, 1.82) is 0 Å². The zero-order valence-corrected chi connectivity index (χ0v) is 27.9. The molecule has 0 atom stereocenters. The van der Waals surface area contributed by atoms with E-state index in [0.29, 0.717) is 22.3 Å². The van der Waals surface area contributed by atoms with Crippen LogP contribution in [0.5, 0.6) is 0 Å². The first-order chi connectivity index (χ1) is 25.4. The van der Waals surface area contributed by atoms with Crippen molar-refractivity contribution in [1.82, 2.24) is 0 Å². The average molecular weight is 681 g/mol. The molecule has 6 nitrogen and oxygen atoms in total. The lowest BCUT2D eigenvalue weighted by Gasteiger charge is -2.19. The van der Waals surface area contributed by atoms with Crippen molar-refractivity contribution < 1.29 is 28.8 Å². The molecule has 0 bridgehead atoms. The number of carbonyl (C=O) groups is 6. The summed E-state index contributed by atoms with van der Waals surface area (Å²) < 4.78 is 0. The van der Waals surface area contributed by atoms with Gasteiger partial charge in [-0.05, 0) is 22.3 Å². The standard InChI is InChI=1S/2C23H16O3/c2*24-21-17-13-7-8-14-18(17)22(25)20(21)23(26)19(15-9-3-1-4-10-15)16-11-5-2-6-12-16/h2*1-14,19-20H. The molecule has 2 aliphatic carbocycles. The Morgan fingerprint density at radius 1 is 0.308 bits per heavy atom. The molecule has 0 spiro atoms. The Balaban J connectivity index is 0.000000162. The van der Waals surface area contributed by atoms with E-state index < -0.39 is 46.8 Å². The molecule has 0 fully saturated rings. The van der Waals surface area contributed by atoms with Crippen LogP contribution in [0.3, 0.4) is 0 Å². The van der Waals surface area contributed by atoms with Crippen molar-refractivity contribution in [3.05, 3.63) is 214 Å². The highest BCUT2D eigenvalue weighted by Gasteiger charge is 2.47. The average Bonchev–Trinajstić information content (AvgIpc) is 3.61. The van der Waals surface area contributed by atoms with Crippen LogP contribution in [-0.2, 0) is 9.59 Å². The van der Waals surface area contributed by atoms with Gasteiger partial charge in [0.2, 0.25) is 0 Å². The molecular formula is C46H32O6. The van der Waals surface area contributed by atoms with Gasteiger partial charge in [-0.15, -0.1) is 0 Å². The van der Waals surface area contributed by atoms with Crippen LogP contribution in [0, 0.1) is 11.8 Å². The summed E-state index contributed by atoms with van der Waals surface area (Å²) in [6.45, 7) is 0. The number of Topliss-reactive ketones (excluding diaryl/α,β-unsaturated/α-hetero) is 6. The first-order valence-electron chi connectivity index (χ1n) is 17.0. The summed E-state index contributed by atoms with van der Waals surface area (Å²) in [6, 6.07) is 50.4. The minimum Gasteiger partial charge on any atom is -0.297 e. The van der Waals surface area contributed by atoms with Crippen molar-refractivity contribution in [3.8, 4) is 0 Å². The van der Waals surface area contributed by atoms with E-state index in [2.05, 4.69) is 0 Å². The van der Waals surface area contributed by atoms with E-state index in [4.69, 9.17) is 0 Å². The van der Waals surface area contributed by atoms with E-state index in [-0.39, 0.29) is 11.6 Å². The van der Waals surface area contributed by atoms with Crippen molar-refractivity contribution in [2.24, 2.45) is 11.8 Å². The second kappa shape index (κ2) is 14.7. The van der Waals surface area contributed by atoms with Gasteiger partial charge >= 0.3 is 0 Å². The Kier molecular flexibility index (Phi) is 9.54. The monoisotopic (exact) mass is 680 g/mol. The number of rotatable bonds is 8.